The Hall–Kier alpha value is -0.433. The van der Waals surface area contributed by atoms with Gasteiger partial charge in [0.2, 0.25) is 0 Å². The lowest BCUT2D eigenvalue weighted by Gasteiger charge is -2.42. The van der Waals surface area contributed by atoms with Crippen LogP contribution in [-0.2, 0) is 14.0 Å². The van der Waals surface area contributed by atoms with Crippen molar-refractivity contribution in [2.24, 2.45) is 0 Å². The third kappa shape index (κ3) is 2.32. The van der Waals surface area contributed by atoms with E-state index in [1.165, 1.54) is 0 Å². The van der Waals surface area contributed by atoms with Crippen LogP contribution in [0.3, 0.4) is 0 Å². The Morgan fingerprint density at radius 2 is 1.95 bits per heavy atom. The number of rotatable bonds is 2. The number of aliphatic hydroxyl groups is 2. The highest BCUT2D eigenvalue weighted by atomic mass is 28.4. The van der Waals surface area contributed by atoms with Crippen molar-refractivity contribution in [2.75, 3.05) is 0 Å². The molecule has 6 heteroatoms. The van der Waals surface area contributed by atoms with E-state index in [2.05, 4.69) is 33.9 Å². The summed E-state index contributed by atoms with van der Waals surface area (Å²) >= 11 is 0. The maximum atomic E-state index is 11.6. The van der Waals surface area contributed by atoms with Gasteiger partial charge in [-0.2, -0.15) is 0 Å². The van der Waals surface area contributed by atoms with Crippen LogP contribution >= 0.6 is 0 Å². The van der Waals surface area contributed by atoms with Gasteiger partial charge in [0.15, 0.2) is 20.0 Å². The Morgan fingerprint density at radius 3 is 2.40 bits per heavy atom. The summed E-state index contributed by atoms with van der Waals surface area (Å²) in [5.74, 6) is -0.733. The molecule has 0 aromatic rings. The first-order valence-electron chi connectivity index (χ1n) is 7.28. The summed E-state index contributed by atoms with van der Waals surface area (Å²) in [4.78, 5) is 11.6. The van der Waals surface area contributed by atoms with Crippen molar-refractivity contribution in [3.8, 4) is 0 Å². The highest BCUT2D eigenvalue weighted by Crippen LogP contribution is 2.47. The molecule has 0 amide bonds. The molecule has 4 atom stereocenters. The molecular weight excluding hydrogens is 276 g/mol. The fourth-order valence-electron chi connectivity index (χ4n) is 2.82. The minimum atomic E-state index is -2.02. The van der Waals surface area contributed by atoms with Gasteiger partial charge in [0.1, 0.15) is 6.10 Å². The normalized spacial score (nSPS) is 38.5. The second-order valence-corrected chi connectivity index (χ2v) is 12.3. The van der Waals surface area contributed by atoms with E-state index in [0.29, 0.717) is 6.42 Å². The molecular formula is C14H26O5Si. The summed E-state index contributed by atoms with van der Waals surface area (Å²) in [6.45, 7) is 10.7. The average molecular weight is 302 g/mol. The Balaban J connectivity index is 2.23. The van der Waals surface area contributed by atoms with Gasteiger partial charge < -0.3 is 19.4 Å². The van der Waals surface area contributed by atoms with Gasteiger partial charge in [-0.25, -0.2) is 4.79 Å². The van der Waals surface area contributed by atoms with Gasteiger partial charge in [-0.3, -0.25) is 0 Å². The Kier molecular flexibility index (Phi) is 3.82. The van der Waals surface area contributed by atoms with Gasteiger partial charge in [-0.05, 0) is 37.4 Å². The van der Waals surface area contributed by atoms with Crippen molar-refractivity contribution < 1.29 is 24.2 Å². The zero-order valence-electron chi connectivity index (χ0n) is 13.0. The lowest BCUT2D eigenvalue weighted by molar-refractivity contribution is -0.161. The molecule has 2 fully saturated rings. The smallest absolute Gasteiger partial charge is 0.338 e. The highest BCUT2D eigenvalue weighted by molar-refractivity contribution is 6.74. The first-order chi connectivity index (χ1) is 9.01. The van der Waals surface area contributed by atoms with Crippen molar-refractivity contribution in [2.45, 2.75) is 82.1 Å². The van der Waals surface area contributed by atoms with Gasteiger partial charge in [0, 0.05) is 0 Å². The fraction of sp³-hybridized carbons (Fsp3) is 0.929. The van der Waals surface area contributed by atoms with Crippen LogP contribution in [0.15, 0.2) is 0 Å². The fourth-order valence-corrected chi connectivity index (χ4v) is 4.20. The Bertz CT molecular complexity index is 403. The summed E-state index contributed by atoms with van der Waals surface area (Å²) in [5, 5.41) is 20.0. The van der Waals surface area contributed by atoms with Crippen LogP contribution in [0.2, 0.25) is 18.1 Å². The van der Waals surface area contributed by atoms with Crippen LogP contribution in [0.25, 0.3) is 0 Å². The number of carbonyl (C=O) groups excluding carboxylic acids is 1. The van der Waals surface area contributed by atoms with Gasteiger partial charge in [-0.15, -0.1) is 0 Å². The number of aliphatic hydroxyl groups excluding tert-OH is 2. The molecule has 0 bridgehead atoms. The number of esters is 1. The van der Waals surface area contributed by atoms with E-state index in [1.54, 1.807) is 0 Å². The van der Waals surface area contributed by atoms with Crippen molar-refractivity contribution in [1.29, 1.82) is 0 Å². The molecule has 2 aliphatic rings. The number of ether oxygens (including phenoxy) is 1. The average Bonchev–Trinajstić information content (AvgIpc) is 2.77. The van der Waals surface area contributed by atoms with E-state index in [9.17, 15) is 15.0 Å². The van der Waals surface area contributed by atoms with Crippen LogP contribution in [0.5, 0.6) is 0 Å². The maximum Gasteiger partial charge on any atom is 0.338 e. The summed E-state index contributed by atoms with van der Waals surface area (Å²) in [5.41, 5.74) is -1.05. The summed E-state index contributed by atoms with van der Waals surface area (Å²) in [7, 11) is -2.02. The lowest BCUT2D eigenvalue weighted by atomic mass is 9.92. The second-order valence-electron chi connectivity index (χ2n) is 7.52. The molecule has 20 heavy (non-hydrogen) atoms. The van der Waals surface area contributed by atoms with Crippen molar-refractivity contribution in [3.05, 3.63) is 0 Å². The zero-order valence-corrected chi connectivity index (χ0v) is 14.0. The van der Waals surface area contributed by atoms with E-state index in [1.807, 2.05) is 0 Å². The zero-order chi connectivity index (χ0) is 15.3. The van der Waals surface area contributed by atoms with Crippen LogP contribution in [0, 0.1) is 0 Å². The third-order valence-electron chi connectivity index (χ3n) is 5.15. The molecule has 116 valence electrons. The topological polar surface area (TPSA) is 76.0 Å². The van der Waals surface area contributed by atoms with Gasteiger partial charge in [0.25, 0.3) is 0 Å². The molecule has 1 saturated carbocycles. The molecule has 2 N–H and O–H groups in total. The molecule has 1 heterocycles. The van der Waals surface area contributed by atoms with Gasteiger partial charge >= 0.3 is 5.97 Å². The van der Waals surface area contributed by atoms with E-state index in [-0.39, 0.29) is 11.1 Å². The molecule has 0 aromatic heterocycles. The molecule has 1 aliphatic heterocycles. The summed E-state index contributed by atoms with van der Waals surface area (Å²) in [6.07, 6.45) is -0.818. The maximum absolute atomic E-state index is 11.6. The number of carbonyl (C=O) groups is 1. The second kappa shape index (κ2) is 4.80. The lowest BCUT2D eigenvalue weighted by Crippen LogP contribution is -2.55. The number of hydrogen-bond acceptors (Lipinski definition) is 5. The van der Waals surface area contributed by atoms with E-state index >= 15 is 0 Å². The molecule has 1 spiro atoms. The van der Waals surface area contributed by atoms with Crippen LogP contribution in [0.4, 0.5) is 0 Å². The van der Waals surface area contributed by atoms with Gasteiger partial charge in [0.05, 0.1) is 6.10 Å². The van der Waals surface area contributed by atoms with E-state index in [0.717, 1.165) is 12.8 Å². The first kappa shape index (κ1) is 15.9. The third-order valence-corrected chi connectivity index (χ3v) is 9.64. The molecule has 1 aliphatic carbocycles. The quantitative estimate of drug-likeness (QED) is 0.598. The minimum absolute atomic E-state index is 0.0446. The van der Waals surface area contributed by atoms with Crippen molar-refractivity contribution in [3.63, 3.8) is 0 Å². The highest BCUT2D eigenvalue weighted by Gasteiger charge is 2.62. The molecule has 0 aromatic carbocycles. The molecule has 1 saturated heterocycles. The summed E-state index contributed by atoms with van der Waals surface area (Å²) in [6, 6.07) is 0. The summed E-state index contributed by atoms with van der Waals surface area (Å²) < 4.78 is 11.7. The Morgan fingerprint density at radius 1 is 1.35 bits per heavy atom. The van der Waals surface area contributed by atoms with Crippen LogP contribution in [-0.4, -0.2) is 48.4 Å². The van der Waals surface area contributed by atoms with Gasteiger partial charge in [-0.1, -0.05) is 20.8 Å². The Labute approximate surface area is 121 Å². The molecule has 0 radical (unpaired) electrons. The predicted octanol–water partition coefficient (Wildman–Crippen LogP) is 1.58. The van der Waals surface area contributed by atoms with Crippen molar-refractivity contribution in [1.82, 2.24) is 0 Å². The predicted molar refractivity (Wildman–Crippen MR) is 76.8 cm³/mol. The molecule has 1 unspecified atom stereocenters. The standard InChI is InChI=1S/C14H26O5Si/c1-13(2,3)20(4,5)19-9-7-6-8-14(9)11(16)10(15)12(17)18-14/h9-11,15-16H,6-8H2,1-5H3/t9-,10+,11-,14?/m0/s1. The largest absolute Gasteiger partial charge is 0.451 e. The van der Waals surface area contributed by atoms with Crippen molar-refractivity contribution >= 4 is 14.3 Å². The first-order valence-corrected chi connectivity index (χ1v) is 10.2. The number of hydrogen-bond donors (Lipinski definition) is 2. The monoisotopic (exact) mass is 302 g/mol. The minimum Gasteiger partial charge on any atom is -0.451 e. The van der Waals surface area contributed by atoms with Crippen LogP contribution < -0.4 is 0 Å². The molecule has 2 rings (SSSR count). The SMILES string of the molecule is CC(C)(C)[Si](C)(C)O[C@H]1CCCC12OC(=O)[C@H](O)[C@@H]2O. The van der Waals surface area contributed by atoms with E-state index in [4.69, 9.17) is 9.16 Å². The molecule has 5 nitrogen and oxygen atoms in total. The van der Waals surface area contributed by atoms with E-state index < -0.39 is 32.1 Å². The van der Waals surface area contributed by atoms with Crippen LogP contribution in [0.1, 0.15) is 40.0 Å².